The minimum atomic E-state index is -1.18. The van der Waals surface area contributed by atoms with Gasteiger partial charge in [0.2, 0.25) is 0 Å². The number of carboxylic acid groups (broad SMARTS) is 1. The summed E-state index contributed by atoms with van der Waals surface area (Å²) in [6.07, 6.45) is 2.95. The lowest BCUT2D eigenvalue weighted by Gasteiger charge is -1.93. The summed E-state index contributed by atoms with van der Waals surface area (Å²) in [5.41, 5.74) is 0. The first-order chi connectivity index (χ1) is 5.16. The number of aliphatic carboxylic acids is 1. The van der Waals surface area contributed by atoms with Crippen molar-refractivity contribution in [3.8, 4) is 0 Å². The van der Waals surface area contributed by atoms with E-state index in [4.69, 9.17) is 5.11 Å². The molecule has 0 aliphatic heterocycles. The molecule has 0 unspecified atom stereocenters. The Hall–Kier alpha value is -0.814. The molecule has 0 fully saturated rings. The minimum absolute atomic E-state index is 0. The summed E-state index contributed by atoms with van der Waals surface area (Å²) in [5, 5.41) is 8.07. The lowest BCUT2D eigenvalue weighted by molar-refractivity contribution is -0.137. The Balaban J connectivity index is 0. The predicted octanol–water partition coefficient (Wildman–Crippen LogP) is -0.560. The second-order valence-corrected chi connectivity index (χ2v) is 1.59. The molecular formula is C7H10MgO4. The molecule has 0 rings (SSSR count). The van der Waals surface area contributed by atoms with Crippen LogP contribution in [0.1, 0.15) is 0 Å². The summed E-state index contributed by atoms with van der Waals surface area (Å²) in [6, 6.07) is 0. The van der Waals surface area contributed by atoms with Gasteiger partial charge in [-0.1, -0.05) is 12.7 Å². The number of hydrogen-bond donors (Lipinski definition) is 1. The van der Waals surface area contributed by atoms with Crippen molar-refractivity contribution >= 4 is 35.0 Å². The number of esters is 1. The molecule has 5 heteroatoms. The molecule has 0 radical (unpaired) electrons. The lowest BCUT2D eigenvalue weighted by atomic mass is 10.5. The highest BCUT2D eigenvalue weighted by Gasteiger charge is 1.94. The van der Waals surface area contributed by atoms with Gasteiger partial charge in [-0.2, -0.15) is 0 Å². The Morgan fingerprint density at radius 3 is 2.42 bits per heavy atom. The Labute approximate surface area is 86.1 Å². The third-order valence-electron chi connectivity index (χ3n) is 0.705. The first kappa shape index (κ1) is 13.8. The minimum Gasteiger partial charge on any atom is -0.478 e. The summed E-state index contributed by atoms with van der Waals surface area (Å²) in [6.45, 7) is 3.40. The van der Waals surface area contributed by atoms with E-state index in [2.05, 4.69) is 11.3 Å². The Morgan fingerprint density at radius 1 is 1.42 bits per heavy atom. The van der Waals surface area contributed by atoms with E-state index in [0.717, 1.165) is 6.08 Å². The molecule has 0 spiro atoms. The molecular weight excluding hydrogens is 172 g/mol. The summed E-state index contributed by atoms with van der Waals surface area (Å²) >= 11 is 0. The van der Waals surface area contributed by atoms with E-state index in [1.807, 2.05) is 0 Å². The molecule has 64 valence electrons. The quantitative estimate of drug-likeness (QED) is 0.274. The van der Waals surface area contributed by atoms with E-state index < -0.39 is 11.9 Å². The maximum atomic E-state index is 10.5. The lowest BCUT2D eigenvalue weighted by Crippen LogP contribution is -2.01. The van der Waals surface area contributed by atoms with Crippen molar-refractivity contribution in [2.24, 2.45) is 0 Å². The smallest absolute Gasteiger partial charge is 0.331 e. The van der Waals surface area contributed by atoms with E-state index in [1.165, 1.54) is 6.08 Å². The number of carbonyl (C=O) groups is 2. The highest BCUT2D eigenvalue weighted by molar-refractivity contribution is 5.90. The zero-order valence-corrected chi connectivity index (χ0v) is 5.82. The molecule has 0 heterocycles. The van der Waals surface area contributed by atoms with Gasteiger partial charge in [-0.05, 0) is 0 Å². The summed E-state index contributed by atoms with van der Waals surface area (Å²) in [7, 11) is 0. The largest absolute Gasteiger partial charge is 0.478 e. The summed E-state index contributed by atoms with van der Waals surface area (Å²) < 4.78 is 4.43. The molecule has 0 aliphatic rings. The summed E-state index contributed by atoms with van der Waals surface area (Å²) in [5.74, 6) is -1.87. The van der Waals surface area contributed by atoms with Crippen molar-refractivity contribution in [3.63, 3.8) is 0 Å². The van der Waals surface area contributed by atoms with Gasteiger partial charge >= 0.3 is 35.0 Å². The van der Waals surface area contributed by atoms with Crippen LogP contribution < -0.4 is 0 Å². The molecule has 0 saturated carbocycles. The van der Waals surface area contributed by atoms with Crippen LogP contribution in [-0.4, -0.2) is 46.7 Å². The molecule has 4 nitrogen and oxygen atoms in total. The highest BCUT2D eigenvalue weighted by atomic mass is 24.3. The average molecular weight is 182 g/mol. The second kappa shape index (κ2) is 8.28. The Kier molecular flexibility index (Phi) is 9.50. The number of rotatable bonds is 4. The van der Waals surface area contributed by atoms with Crippen molar-refractivity contribution in [3.05, 3.63) is 24.8 Å². The Bertz CT molecular complexity index is 198. The normalized spacial score (nSPS) is 8.67. The van der Waals surface area contributed by atoms with Crippen LogP contribution in [0.15, 0.2) is 24.8 Å². The SMILES string of the molecule is C=CCOC(=O)/C=C/C(=O)O.[MgH2]. The van der Waals surface area contributed by atoms with Crippen LogP contribution in [0, 0.1) is 0 Å². The van der Waals surface area contributed by atoms with Crippen LogP contribution in [0.25, 0.3) is 0 Å². The third kappa shape index (κ3) is 9.19. The van der Waals surface area contributed by atoms with Gasteiger partial charge in [-0.15, -0.1) is 0 Å². The Morgan fingerprint density at radius 2 is 2.00 bits per heavy atom. The molecule has 12 heavy (non-hydrogen) atoms. The molecule has 0 aliphatic carbocycles. The van der Waals surface area contributed by atoms with Crippen LogP contribution >= 0.6 is 0 Å². The first-order valence-corrected chi connectivity index (χ1v) is 2.85. The van der Waals surface area contributed by atoms with E-state index >= 15 is 0 Å². The standard InChI is InChI=1S/C7H8O4.Mg.2H/c1-2-5-11-7(10)4-3-6(8)9;;;/h2-4H,1,5H2,(H,8,9);;;/b4-3+;;;. The van der Waals surface area contributed by atoms with Crippen molar-refractivity contribution in [2.45, 2.75) is 0 Å². The van der Waals surface area contributed by atoms with Gasteiger partial charge < -0.3 is 9.84 Å². The molecule has 0 aromatic carbocycles. The van der Waals surface area contributed by atoms with Crippen LogP contribution in [0.3, 0.4) is 0 Å². The first-order valence-electron chi connectivity index (χ1n) is 2.85. The van der Waals surface area contributed by atoms with Crippen LogP contribution in [-0.2, 0) is 14.3 Å². The zero-order valence-electron chi connectivity index (χ0n) is 5.82. The average Bonchev–Trinajstić information content (AvgIpc) is 1.97. The van der Waals surface area contributed by atoms with E-state index in [9.17, 15) is 9.59 Å². The second-order valence-electron chi connectivity index (χ2n) is 1.59. The third-order valence-corrected chi connectivity index (χ3v) is 0.705. The van der Waals surface area contributed by atoms with Crippen LogP contribution in [0.4, 0.5) is 0 Å². The number of hydrogen-bond acceptors (Lipinski definition) is 3. The van der Waals surface area contributed by atoms with Crippen molar-refractivity contribution < 1.29 is 19.4 Å². The topological polar surface area (TPSA) is 63.6 Å². The van der Waals surface area contributed by atoms with Gasteiger partial charge in [-0.3, -0.25) is 0 Å². The molecule has 0 aromatic rings. The fourth-order valence-corrected chi connectivity index (χ4v) is 0.329. The molecule has 0 amide bonds. The molecule has 0 atom stereocenters. The summed E-state index contributed by atoms with van der Waals surface area (Å²) in [4.78, 5) is 20.3. The fourth-order valence-electron chi connectivity index (χ4n) is 0.329. The maximum absolute atomic E-state index is 10.5. The maximum Gasteiger partial charge on any atom is 0.331 e. The molecule has 0 bridgehead atoms. The monoisotopic (exact) mass is 182 g/mol. The number of carboxylic acids is 1. The molecule has 1 N–H and O–H groups in total. The molecule has 0 saturated heterocycles. The van der Waals surface area contributed by atoms with Gasteiger partial charge in [0, 0.05) is 12.2 Å². The van der Waals surface area contributed by atoms with Crippen molar-refractivity contribution in [1.82, 2.24) is 0 Å². The van der Waals surface area contributed by atoms with E-state index in [-0.39, 0.29) is 29.7 Å². The van der Waals surface area contributed by atoms with Gasteiger partial charge in [0.1, 0.15) is 6.61 Å². The van der Waals surface area contributed by atoms with Crippen LogP contribution in [0.5, 0.6) is 0 Å². The number of ether oxygens (including phenoxy) is 1. The highest BCUT2D eigenvalue weighted by Crippen LogP contribution is 1.81. The van der Waals surface area contributed by atoms with Gasteiger partial charge in [0.15, 0.2) is 0 Å². The van der Waals surface area contributed by atoms with Gasteiger partial charge in [0.05, 0.1) is 0 Å². The van der Waals surface area contributed by atoms with Gasteiger partial charge in [-0.25, -0.2) is 9.59 Å². The van der Waals surface area contributed by atoms with E-state index in [1.54, 1.807) is 0 Å². The van der Waals surface area contributed by atoms with Gasteiger partial charge in [0.25, 0.3) is 0 Å². The predicted molar refractivity (Wildman–Crippen MR) is 46.5 cm³/mol. The zero-order chi connectivity index (χ0) is 8.69. The fraction of sp³-hybridized carbons (Fsp3) is 0.143. The van der Waals surface area contributed by atoms with Crippen molar-refractivity contribution in [2.75, 3.05) is 6.61 Å². The van der Waals surface area contributed by atoms with Crippen LogP contribution in [0.2, 0.25) is 0 Å². The van der Waals surface area contributed by atoms with Crippen molar-refractivity contribution in [1.29, 1.82) is 0 Å². The number of carbonyl (C=O) groups excluding carboxylic acids is 1. The molecule has 0 aromatic heterocycles. The van der Waals surface area contributed by atoms with E-state index in [0.29, 0.717) is 6.08 Å².